The summed E-state index contributed by atoms with van der Waals surface area (Å²) in [5, 5.41) is 8.95. The molecule has 1 aromatic heterocycles. The summed E-state index contributed by atoms with van der Waals surface area (Å²) in [6, 6.07) is 11.5. The highest BCUT2D eigenvalue weighted by molar-refractivity contribution is 5.95. The summed E-state index contributed by atoms with van der Waals surface area (Å²) in [5.41, 5.74) is 11.0. The van der Waals surface area contributed by atoms with E-state index in [-0.39, 0.29) is 23.8 Å². The Balaban J connectivity index is 2.04. The number of fused-ring (bicyclic) bond motifs is 2. The third-order valence-corrected chi connectivity index (χ3v) is 7.03. The van der Waals surface area contributed by atoms with Gasteiger partial charge in [-0.1, -0.05) is 26.0 Å². The maximum Gasteiger partial charge on any atom is 0.253 e. The van der Waals surface area contributed by atoms with Gasteiger partial charge in [-0.25, -0.2) is 0 Å². The lowest BCUT2D eigenvalue weighted by Crippen LogP contribution is -2.37. The summed E-state index contributed by atoms with van der Waals surface area (Å²) in [6.07, 6.45) is 1.92. The minimum absolute atomic E-state index is 0.0545. The third-order valence-electron chi connectivity index (χ3n) is 7.03. The summed E-state index contributed by atoms with van der Waals surface area (Å²) in [7, 11) is 7.00. The zero-order chi connectivity index (χ0) is 27.1. The Bertz CT molecular complexity index is 1250. The number of aromatic nitrogens is 2. The number of hydrogen-bond donors (Lipinski definition) is 1. The van der Waals surface area contributed by atoms with Crippen molar-refractivity contribution < 1.29 is 14.0 Å². The van der Waals surface area contributed by atoms with Crippen molar-refractivity contribution in [3.05, 3.63) is 81.6 Å². The van der Waals surface area contributed by atoms with Crippen molar-refractivity contribution in [3.8, 4) is 0 Å². The standard InChI is InChI=1S/C29H37N5O3/c1-17(2)25-31-32-28(37-25)29(16-18(3)30)23-12-10-21(26(35)33(4)5)14-19(23)8-9-20-15-22(11-13-24(20)29)27(36)34(6)7/h10-15,17-18H,8-9,16,30H2,1-7H3/t18-/m1/s1. The van der Waals surface area contributed by atoms with Gasteiger partial charge in [0.05, 0.1) is 0 Å². The molecule has 1 heterocycles. The van der Waals surface area contributed by atoms with Crippen molar-refractivity contribution in [2.75, 3.05) is 28.2 Å². The molecule has 8 nitrogen and oxygen atoms in total. The van der Waals surface area contributed by atoms with Crippen LogP contribution in [-0.2, 0) is 18.3 Å². The topological polar surface area (TPSA) is 106 Å². The molecule has 196 valence electrons. The van der Waals surface area contributed by atoms with E-state index in [9.17, 15) is 9.59 Å². The first-order chi connectivity index (χ1) is 17.5. The fourth-order valence-electron chi connectivity index (χ4n) is 5.29. The van der Waals surface area contributed by atoms with Crippen molar-refractivity contribution in [3.63, 3.8) is 0 Å². The maximum absolute atomic E-state index is 12.8. The molecule has 0 aliphatic heterocycles. The molecule has 0 bridgehead atoms. The normalized spacial score (nSPS) is 14.9. The number of nitrogens with two attached hydrogens (primary N) is 1. The van der Waals surface area contributed by atoms with E-state index < -0.39 is 5.41 Å². The smallest absolute Gasteiger partial charge is 0.253 e. The third kappa shape index (κ3) is 4.78. The van der Waals surface area contributed by atoms with Crippen LogP contribution in [0.25, 0.3) is 0 Å². The molecule has 1 aliphatic rings. The molecule has 1 aliphatic carbocycles. The molecular weight excluding hydrogens is 466 g/mol. The van der Waals surface area contributed by atoms with Gasteiger partial charge in [0.2, 0.25) is 11.8 Å². The first kappa shape index (κ1) is 26.5. The van der Waals surface area contributed by atoms with E-state index in [0.29, 0.717) is 42.2 Å². The summed E-state index contributed by atoms with van der Waals surface area (Å²) < 4.78 is 6.36. The van der Waals surface area contributed by atoms with Crippen molar-refractivity contribution in [1.82, 2.24) is 20.0 Å². The van der Waals surface area contributed by atoms with Gasteiger partial charge in [0.15, 0.2) is 0 Å². The predicted molar refractivity (Wildman–Crippen MR) is 143 cm³/mol. The minimum Gasteiger partial charge on any atom is -0.424 e. The van der Waals surface area contributed by atoms with E-state index in [2.05, 4.69) is 10.2 Å². The molecule has 0 saturated heterocycles. The van der Waals surface area contributed by atoms with Gasteiger partial charge in [-0.15, -0.1) is 10.2 Å². The van der Waals surface area contributed by atoms with Gasteiger partial charge in [-0.05, 0) is 72.7 Å². The molecule has 0 spiro atoms. The van der Waals surface area contributed by atoms with E-state index >= 15 is 0 Å². The van der Waals surface area contributed by atoms with E-state index in [0.717, 1.165) is 22.3 Å². The fourth-order valence-corrected chi connectivity index (χ4v) is 5.29. The average molecular weight is 504 g/mol. The van der Waals surface area contributed by atoms with E-state index in [4.69, 9.17) is 10.2 Å². The van der Waals surface area contributed by atoms with Crippen molar-refractivity contribution >= 4 is 11.8 Å². The summed E-state index contributed by atoms with van der Waals surface area (Å²) in [4.78, 5) is 28.8. The maximum atomic E-state index is 12.8. The van der Waals surface area contributed by atoms with Gasteiger partial charge in [0, 0.05) is 51.3 Å². The van der Waals surface area contributed by atoms with Crippen LogP contribution >= 0.6 is 0 Å². The van der Waals surface area contributed by atoms with Crippen LogP contribution in [0.15, 0.2) is 40.8 Å². The number of nitrogens with zero attached hydrogens (tertiary/aromatic N) is 4. The lowest BCUT2D eigenvalue weighted by atomic mass is 9.68. The molecule has 0 radical (unpaired) electrons. The number of aryl methyl sites for hydroxylation is 2. The molecule has 0 saturated carbocycles. The Morgan fingerprint density at radius 2 is 1.38 bits per heavy atom. The number of hydrogen-bond acceptors (Lipinski definition) is 6. The molecule has 0 fully saturated rings. The van der Waals surface area contributed by atoms with Crippen LogP contribution in [0, 0.1) is 0 Å². The van der Waals surface area contributed by atoms with Crippen LogP contribution in [0.3, 0.4) is 0 Å². The van der Waals surface area contributed by atoms with E-state index in [1.165, 1.54) is 0 Å². The summed E-state index contributed by atoms with van der Waals surface area (Å²) >= 11 is 0. The molecular formula is C29H37N5O3. The Kier molecular flexibility index (Phi) is 7.24. The van der Waals surface area contributed by atoms with Crippen molar-refractivity contribution in [2.24, 2.45) is 5.73 Å². The monoisotopic (exact) mass is 503 g/mol. The highest BCUT2D eigenvalue weighted by Gasteiger charge is 2.46. The zero-order valence-corrected chi connectivity index (χ0v) is 22.8. The summed E-state index contributed by atoms with van der Waals surface area (Å²) in [5.74, 6) is 1.00. The molecule has 1 atom stereocenters. The van der Waals surface area contributed by atoms with E-state index in [1.54, 1.807) is 38.0 Å². The van der Waals surface area contributed by atoms with Crippen LogP contribution in [0.1, 0.15) is 87.9 Å². The molecule has 2 amide bonds. The fraction of sp³-hybridized carbons (Fsp3) is 0.448. The summed E-state index contributed by atoms with van der Waals surface area (Å²) in [6.45, 7) is 6.01. The van der Waals surface area contributed by atoms with E-state index in [1.807, 2.05) is 57.2 Å². The molecule has 0 unspecified atom stereocenters. The van der Waals surface area contributed by atoms with Gasteiger partial charge in [-0.3, -0.25) is 9.59 Å². The Morgan fingerprint density at radius 1 is 0.892 bits per heavy atom. The number of benzene rings is 2. The van der Waals surface area contributed by atoms with Crippen LogP contribution in [0.2, 0.25) is 0 Å². The number of carbonyl (C=O) groups excluding carboxylic acids is 2. The SMILES string of the molecule is CC(C)c1nnc(C2(C[C@@H](C)N)c3ccc(C(=O)N(C)C)cc3CCc3cc(C(=O)N(C)C)ccc32)o1. The van der Waals surface area contributed by atoms with Gasteiger partial charge >= 0.3 is 0 Å². The molecule has 4 rings (SSSR count). The second-order valence-corrected chi connectivity index (χ2v) is 10.8. The quantitative estimate of drug-likeness (QED) is 0.549. The zero-order valence-electron chi connectivity index (χ0n) is 22.8. The number of carbonyl (C=O) groups is 2. The van der Waals surface area contributed by atoms with Gasteiger partial charge in [-0.2, -0.15) is 0 Å². The van der Waals surface area contributed by atoms with Crippen LogP contribution < -0.4 is 5.73 Å². The largest absolute Gasteiger partial charge is 0.424 e. The molecule has 2 aromatic carbocycles. The lowest BCUT2D eigenvalue weighted by molar-refractivity contribution is 0.0820. The minimum atomic E-state index is -0.825. The first-order valence-corrected chi connectivity index (χ1v) is 12.7. The average Bonchev–Trinajstić information content (AvgIpc) is 3.31. The van der Waals surface area contributed by atoms with Gasteiger partial charge in [0.1, 0.15) is 5.41 Å². The Morgan fingerprint density at radius 3 is 1.76 bits per heavy atom. The second-order valence-electron chi connectivity index (χ2n) is 10.8. The molecule has 3 aromatic rings. The molecule has 8 heteroatoms. The van der Waals surface area contributed by atoms with Gasteiger partial charge in [0.25, 0.3) is 11.8 Å². The first-order valence-electron chi connectivity index (χ1n) is 12.7. The Labute approximate surface area is 218 Å². The van der Waals surface area contributed by atoms with Crippen molar-refractivity contribution in [1.29, 1.82) is 0 Å². The van der Waals surface area contributed by atoms with Crippen LogP contribution in [-0.4, -0.2) is 66.0 Å². The van der Waals surface area contributed by atoms with Crippen LogP contribution in [0.5, 0.6) is 0 Å². The lowest BCUT2D eigenvalue weighted by Gasteiger charge is -2.35. The Hall–Kier alpha value is -3.52. The molecule has 2 N–H and O–H groups in total. The van der Waals surface area contributed by atoms with Crippen molar-refractivity contribution in [2.45, 2.75) is 57.4 Å². The second kappa shape index (κ2) is 10.1. The highest BCUT2D eigenvalue weighted by Crippen LogP contribution is 2.48. The number of rotatable bonds is 6. The highest BCUT2D eigenvalue weighted by atomic mass is 16.4. The number of amides is 2. The molecule has 37 heavy (non-hydrogen) atoms. The van der Waals surface area contributed by atoms with Crippen LogP contribution in [0.4, 0.5) is 0 Å². The predicted octanol–water partition coefficient (Wildman–Crippen LogP) is 3.77. The van der Waals surface area contributed by atoms with Gasteiger partial charge < -0.3 is 20.0 Å².